The van der Waals surface area contributed by atoms with E-state index in [9.17, 15) is 8.42 Å². The topological polar surface area (TPSA) is 56.9 Å². The minimum Gasteiger partial charge on any atom is -0.309 e. The maximum atomic E-state index is 13.4. The standard InChI is InChI=1S/C31H19N3O2S/c35-37(36)28-14-6-5-13-27(28)34-30-24(10-7-15-29(30)37)32-31(34)20-16-18-21(19-17-20)33-25-11-3-1-8-22(25)23-9-2-4-12-26(23)33/h1-19H. The third-order valence-electron chi connectivity index (χ3n) is 7.29. The number of hydrogen-bond acceptors (Lipinski definition) is 3. The summed E-state index contributed by atoms with van der Waals surface area (Å²) in [7, 11) is -3.62. The SMILES string of the molecule is O=S1(=O)c2ccccc2-n2c(-c3ccc(-n4c5ccccc5c5ccccc54)cc3)nc3cccc1c32. The van der Waals surface area contributed by atoms with Crippen molar-refractivity contribution in [1.29, 1.82) is 0 Å². The molecule has 5 nitrogen and oxygen atoms in total. The lowest BCUT2D eigenvalue weighted by Gasteiger charge is -2.20. The van der Waals surface area contributed by atoms with Gasteiger partial charge in [0.15, 0.2) is 0 Å². The Morgan fingerprint density at radius 3 is 1.92 bits per heavy atom. The molecule has 0 amide bonds. The Labute approximate surface area is 212 Å². The molecule has 0 saturated heterocycles. The number of rotatable bonds is 2. The Morgan fingerprint density at radius 2 is 1.19 bits per heavy atom. The molecule has 176 valence electrons. The van der Waals surface area contributed by atoms with Gasteiger partial charge in [0.1, 0.15) is 5.82 Å². The molecule has 0 bridgehead atoms. The third-order valence-corrected chi connectivity index (χ3v) is 9.12. The molecule has 0 atom stereocenters. The van der Waals surface area contributed by atoms with E-state index in [0.29, 0.717) is 26.5 Å². The molecule has 1 aliphatic rings. The van der Waals surface area contributed by atoms with Gasteiger partial charge in [0, 0.05) is 22.0 Å². The molecule has 0 unspecified atom stereocenters. The van der Waals surface area contributed by atoms with E-state index in [-0.39, 0.29) is 0 Å². The Balaban J connectivity index is 1.36. The van der Waals surface area contributed by atoms with Crippen molar-refractivity contribution in [3.05, 3.63) is 115 Å². The predicted molar refractivity (Wildman–Crippen MR) is 146 cm³/mol. The van der Waals surface area contributed by atoms with Gasteiger partial charge in [0.2, 0.25) is 9.84 Å². The van der Waals surface area contributed by atoms with E-state index < -0.39 is 9.84 Å². The normalized spacial score (nSPS) is 13.8. The molecule has 37 heavy (non-hydrogen) atoms. The van der Waals surface area contributed by atoms with Crippen molar-refractivity contribution in [2.24, 2.45) is 0 Å². The van der Waals surface area contributed by atoms with E-state index in [1.54, 1.807) is 24.3 Å². The zero-order valence-corrected chi connectivity index (χ0v) is 20.4. The first kappa shape index (κ1) is 20.5. The fourth-order valence-electron chi connectivity index (χ4n) is 5.69. The highest BCUT2D eigenvalue weighted by atomic mass is 32.2. The Morgan fingerprint density at radius 1 is 0.568 bits per heavy atom. The first-order valence-electron chi connectivity index (χ1n) is 12.1. The highest BCUT2D eigenvalue weighted by molar-refractivity contribution is 7.92. The largest absolute Gasteiger partial charge is 0.309 e. The van der Waals surface area contributed by atoms with Gasteiger partial charge in [-0.2, -0.15) is 0 Å². The zero-order chi connectivity index (χ0) is 24.7. The number of hydrogen-bond donors (Lipinski definition) is 0. The van der Waals surface area contributed by atoms with Gasteiger partial charge in [-0.15, -0.1) is 0 Å². The molecule has 2 aromatic heterocycles. The molecular formula is C31H19N3O2S. The van der Waals surface area contributed by atoms with Gasteiger partial charge >= 0.3 is 0 Å². The number of para-hydroxylation sites is 4. The van der Waals surface area contributed by atoms with Gasteiger partial charge in [-0.1, -0.05) is 54.6 Å². The van der Waals surface area contributed by atoms with Crippen molar-refractivity contribution < 1.29 is 8.42 Å². The molecule has 0 spiro atoms. The van der Waals surface area contributed by atoms with Gasteiger partial charge in [-0.05, 0) is 60.7 Å². The van der Waals surface area contributed by atoms with E-state index in [0.717, 1.165) is 28.1 Å². The van der Waals surface area contributed by atoms with Gasteiger partial charge < -0.3 is 4.57 Å². The smallest absolute Gasteiger partial charge is 0.210 e. The van der Waals surface area contributed by atoms with E-state index in [2.05, 4.69) is 77.4 Å². The summed E-state index contributed by atoms with van der Waals surface area (Å²) >= 11 is 0. The Hall–Kier alpha value is -4.68. The fourth-order valence-corrected chi connectivity index (χ4v) is 7.33. The molecule has 1 aliphatic heterocycles. The van der Waals surface area contributed by atoms with Crippen LogP contribution in [0, 0.1) is 0 Å². The van der Waals surface area contributed by atoms with Crippen molar-refractivity contribution in [1.82, 2.24) is 14.1 Å². The number of fused-ring (bicyclic) bond motifs is 5. The minimum atomic E-state index is -3.62. The minimum absolute atomic E-state index is 0.296. The molecule has 3 heterocycles. The van der Waals surface area contributed by atoms with Gasteiger partial charge in [-0.25, -0.2) is 13.4 Å². The molecule has 8 rings (SSSR count). The molecule has 0 aliphatic carbocycles. The molecule has 0 N–H and O–H groups in total. The Kier molecular flexibility index (Phi) is 3.98. The van der Waals surface area contributed by atoms with Gasteiger partial charge in [0.25, 0.3) is 0 Å². The van der Waals surface area contributed by atoms with Crippen LogP contribution in [0.5, 0.6) is 0 Å². The number of sulfone groups is 1. The fraction of sp³-hybridized carbons (Fsp3) is 0. The summed E-state index contributed by atoms with van der Waals surface area (Å²) in [5, 5.41) is 2.44. The second-order valence-corrected chi connectivity index (χ2v) is 11.2. The molecule has 0 radical (unpaired) electrons. The second-order valence-electron chi connectivity index (χ2n) is 9.28. The summed E-state index contributed by atoms with van der Waals surface area (Å²) in [6.45, 7) is 0. The maximum absolute atomic E-state index is 13.4. The lowest BCUT2D eigenvalue weighted by atomic mass is 10.1. The quantitative estimate of drug-likeness (QED) is 0.260. The number of benzene rings is 5. The monoisotopic (exact) mass is 497 g/mol. The van der Waals surface area contributed by atoms with Gasteiger partial charge in [-0.3, -0.25) is 4.57 Å². The van der Waals surface area contributed by atoms with E-state index in [4.69, 9.17) is 4.98 Å². The molecular weight excluding hydrogens is 478 g/mol. The van der Waals surface area contributed by atoms with E-state index >= 15 is 0 Å². The zero-order valence-electron chi connectivity index (χ0n) is 19.5. The average Bonchev–Trinajstić information content (AvgIpc) is 3.49. The molecule has 6 heteroatoms. The van der Waals surface area contributed by atoms with Crippen LogP contribution in [0.15, 0.2) is 125 Å². The molecule has 5 aromatic carbocycles. The van der Waals surface area contributed by atoms with Crippen LogP contribution in [0.4, 0.5) is 0 Å². The number of imidazole rings is 1. The van der Waals surface area contributed by atoms with Crippen LogP contribution in [0.25, 0.3) is 55.6 Å². The first-order chi connectivity index (χ1) is 18.1. The number of aromatic nitrogens is 3. The average molecular weight is 498 g/mol. The lowest BCUT2D eigenvalue weighted by Crippen LogP contribution is -2.14. The summed E-state index contributed by atoms with van der Waals surface area (Å²) in [6.07, 6.45) is 0. The van der Waals surface area contributed by atoms with Crippen LogP contribution in [0.2, 0.25) is 0 Å². The molecule has 7 aromatic rings. The first-order valence-corrected chi connectivity index (χ1v) is 13.6. The third kappa shape index (κ3) is 2.68. The Bertz CT molecular complexity index is 2100. The van der Waals surface area contributed by atoms with Crippen molar-refractivity contribution in [2.45, 2.75) is 9.79 Å². The van der Waals surface area contributed by atoms with Crippen molar-refractivity contribution in [2.75, 3.05) is 0 Å². The maximum Gasteiger partial charge on any atom is 0.210 e. The van der Waals surface area contributed by atoms with Crippen LogP contribution in [0.1, 0.15) is 0 Å². The van der Waals surface area contributed by atoms with Crippen LogP contribution in [-0.2, 0) is 9.84 Å². The van der Waals surface area contributed by atoms with Crippen LogP contribution in [-0.4, -0.2) is 22.5 Å². The van der Waals surface area contributed by atoms with Crippen molar-refractivity contribution >= 4 is 42.7 Å². The van der Waals surface area contributed by atoms with E-state index in [1.807, 2.05) is 22.8 Å². The van der Waals surface area contributed by atoms with E-state index in [1.165, 1.54) is 10.8 Å². The highest BCUT2D eigenvalue weighted by Gasteiger charge is 2.33. The number of nitrogens with zero attached hydrogens (tertiary/aromatic N) is 3. The summed E-state index contributed by atoms with van der Waals surface area (Å²) < 4.78 is 31.0. The van der Waals surface area contributed by atoms with Crippen molar-refractivity contribution in [3.8, 4) is 22.8 Å². The summed E-state index contributed by atoms with van der Waals surface area (Å²) in [5.74, 6) is 0.721. The van der Waals surface area contributed by atoms with Crippen LogP contribution < -0.4 is 0 Å². The van der Waals surface area contributed by atoms with Gasteiger partial charge in [0.05, 0.1) is 37.5 Å². The van der Waals surface area contributed by atoms with Crippen LogP contribution in [0.3, 0.4) is 0 Å². The summed E-state index contributed by atoms with van der Waals surface area (Å²) in [5.41, 5.74) is 6.20. The summed E-state index contributed by atoms with van der Waals surface area (Å²) in [6, 6.07) is 37.7. The predicted octanol–water partition coefficient (Wildman–Crippen LogP) is 6.94. The summed E-state index contributed by atoms with van der Waals surface area (Å²) in [4.78, 5) is 5.50. The molecule has 0 saturated carbocycles. The second kappa shape index (κ2) is 7.18. The molecule has 0 fully saturated rings. The lowest BCUT2D eigenvalue weighted by molar-refractivity contribution is 0.594. The van der Waals surface area contributed by atoms with Crippen molar-refractivity contribution in [3.63, 3.8) is 0 Å². The van der Waals surface area contributed by atoms with Crippen LogP contribution >= 0.6 is 0 Å². The highest BCUT2D eigenvalue weighted by Crippen LogP contribution is 2.41.